The summed E-state index contributed by atoms with van der Waals surface area (Å²) >= 11 is 0. The highest BCUT2D eigenvalue weighted by Crippen LogP contribution is 2.15. The molecule has 0 aliphatic rings. The van der Waals surface area contributed by atoms with Crippen LogP contribution in [0.15, 0.2) is 16.7 Å². The molecular weight excluding hydrogens is 140 g/mol. The van der Waals surface area contributed by atoms with Crippen molar-refractivity contribution in [2.75, 3.05) is 0 Å². The Labute approximate surface area is 64.1 Å². The average molecular weight is 148 g/mol. The molecule has 0 unspecified atom stereocenters. The number of nitrogens with zero attached hydrogens (tertiary/aromatic N) is 2. The summed E-state index contributed by atoms with van der Waals surface area (Å²) < 4.78 is 5.33. The van der Waals surface area contributed by atoms with Crippen molar-refractivity contribution >= 4 is 11.2 Å². The van der Waals surface area contributed by atoms with Crippen molar-refractivity contribution in [3.8, 4) is 0 Å². The maximum absolute atomic E-state index is 5.33. The predicted molar refractivity (Wildman–Crippen MR) is 41.3 cm³/mol. The monoisotopic (exact) mass is 148 g/mol. The van der Waals surface area contributed by atoms with Crippen LogP contribution in [-0.4, -0.2) is 9.97 Å². The summed E-state index contributed by atoms with van der Waals surface area (Å²) in [6, 6.07) is 1.91. The molecule has 0 atom stereocenters. The van der Waals surface area contributed by atoms with Gasteiger partial charge in [-0.2, -0.15) is 4.98 Å². The summed E-state index contributed by atoms with van der Waals surface area (Å²) in [6.45, 7) is 3.80. The molecule has 0 spiro atoms. The quantitative estimate of drug-likeness (QED) is 0.572. The third-order valence-corrected chi connectivity index (χ3v) is 1.60. The van der Waals surface area contributed by atoms with Crippen molar-refractivity contribution in [2.45, 2.75) is 13.8 Å². The van der Waals surface area contributed by atoms with E-state index in [-0.39, 0.29) is 0 Å². The molecule has 2 aromatic heterocycles. The van der Waals surface area contributed by atoms with Crippen LogP contribution in [0.5, 0.6) is 0 Å². The fourth-order valence-electron chi connectivity index (χ4n) is 1.06. The van der Waals surface area contributed by atoms with Crippen molar-refractivity contribution in [2.24, 2.45) is 0 Å². The van der Waals surface area contributed by atoms with Gasteiger partial charge in [0.05, 0.1) is 0 Å². The van der Waals surface area contributed by atoms with Crippen molar-refractivity contribution in [3.63, 3.8) is 0 Å². The largest absolute Gasteiger partial charge is 0.439 e. The predicted octanol–water partition coefficient (Wildman–Crippen LogP) is 1.84. The van der Waals surface area contributed by atoms with E-state index in [0.717, 1.165) is 11.1 Å². The van der Waals surface area contributed by atoms with Crippen LogP contribution < -0.4 is 0 Å². The number of rotatable bonds is 0. The highest BCUT2D eigenvalue weighted by Gasteiger charge is 2.03. The molecule has 2 heterocycles. The second-order valence-corrected chi connectivity index (χ2v) is 2.51. The van der Waals surface area contributed by atoms with E-state index in [1.807, 2.05) is 19.9 Å². The van der Waals surface area contributed by atoms with Gasteiger partial charge in [0.25, 0.3) is 0 Å². The second kappa shape index (κ2) is 2.05. The van der Waals surface area contributed by atoms with E-state index in [2.05, 4.69) is 9.97 Å². The van der Waals surface area contributed by atoms with E-state index in [9.17, 15) is 0 Å². The Morgan fingerprint density at radius 3 is 2.91 bits per heavy atom. The van der Waals surface area contributed by atoms with Crippen LogP contribution >= 0.6 is 0 Å². The Bertz CT molecular complexity index is 392. The molecule has 3 nitrogen and oxygen atoms in total. The first-order valence-corrected chi connectivity index (χ1v) is 3.46. The van der Waals surface area contributed by atoms with Crippen LogP contribution in [0.2, 0.25) is 0 Å². The topological polar surface area (TPSA) is 38.9 Å². The van der Waals surface area contributed by atoms with E-state index in [4.69, 9.17) is 4.42 Å². The van der Waals surface area contributed by atoms with Crippen LogP contribution in [0.3, 0.4) is 0 Å². The molecule has 0 radical (unpaired) electrons. The van der Waals surface area contributed by atoms with E-state index in [1.165, 1.54) is 0 Å². The maximum atomic E-state index is 5.33. The van der Waals surface area contributed by atoms with Gasteiger partial charge in [0.2, 0.25) is 0 Å². The fraction of sp³-hybridized carbons (Fsp3) is 0.250. The molecule has 0 aromatic carbocycles. The molecule has 0 amide bonds. The maximum Gasteiger partial charge on any atom is 0.199 e. The number of hydrogen-bond donors (Lipinski definition) is 0. The summed E-state index contributed by atoms with van der Waals surface area (Å²) in [5, 5.41) is 0. The van der Waals surface area contributed by atoms with Crippen LogP contribution in [-0.2, 0) is 0 Å². The Morgan fingerprint density at radius 1 is 1.36 bits per heavy atom. The summed E-state index contributed by atoms with van der Waals surface area (Å²) in [6.07, 6.45) is 1.74. The molecule has 0 aliphatic carbocycles. The second-order valence-electron chi connectivity index (χ2n) is 2.51. The Hall–Kier alpha value is -1.38. The van der Waals surface area contributed by atoms with Gasteiger partial charge < -0.3 is 4.42 Å². The molecule has 0 N–H and O–H groups in total. The highest BCUT2D eigenvalue weighted by atomic mass is 16.3. The zero-order valence-corrected chi connectivity index (χ0v) is 6.46. The van der Waals surface area contributed by atoms with Crippen molar-refractivity contribution in [1.82, 2.24) is 9.97 Å². The van der Waals surface area contributed by atoms with Gasteiger partial charge in [-0.25, -0.2) is 4.98 Å². The van der Waals surface area contributed by atoms with Gasteiger partial charge >= 0.3 is 0 Å². The third-order valence-electron chi connectivity index (χ3n) is 1.60. The van der Waals surface area contributed by atoms with Gasteiger partial charge in [-0.3, -0.25) is 0 Å². The summed E-state index contributed by atoms with van der Waals surface area (Å²) in [7, 11) is 0. The Balaban J connectivity index is 2.90. The zero-order chi connectivity index (χ0) is 7.84. The minimum Gasteiger partial charge on any atom is -0.439 e. The lowest BCUT2D eigenvalue weighted by Gasteiger charge is -1.88. The first-order chi connectivity index (χ1) is 5.27. The van der Waals surface area contributed by atoms with Crippen molar-refractivity contribution < 1.29 is 4.42 Å². The molecule has 3 heteroatoms. The minimum absolute atomic E-state index is 0.668. The SMILES string of the molecule is Cc1nc2nccc(C)c2o1. The molecule has 0 saturated heterocycles. The number of aryl methyl sites for hydroxylation is 2. The molecule has 0 fully saturated rings. The number of oxazole rings is 1. The Kier molecular flexibility index (Phi) is 1.18. The van der Waals surface area contributed by atoms with Crippen molar-refractivity contribution in [3.05, 3.63) is 23.7 Å². The van der Waals surface area contributed by atoms with Crippen LogP contribution in [0.25, 0.3) is 11.2 Å². The van der Waals surface area contributed by atoms with Gasteiger partial charge in [0.15, 0.2) is 17.1 Å². The van der Waals surface area contributed by atoms with E-state index in [1.54, 1.807) is 6.20 Å². The van der Waals surface area contributed by atoms with E-state index >= 15 is 0 Å². The van der Waals surface area contributed by atoms with Gasteiger partial charge in [0.1, 0.15) is 0 Å². The van der Waals surface area contributed by atoms with Crippen molar-refractivity contribution in [1.29, 1.82) is 0 Å². The van der Waals surface area contributed by atoms with Crippen LogP contribution in [0.1, 0.15) is 11.5 Å². The molecule has 2 aromatic rings. The first kappa shape index (κ1) is 6.34. The number of fused-ring (bicyclic) bond motifs is 1. The number of pyridine rings is 1. The Morgan fingerprint density at radius 2 is 2.18 bits per heavy atom. The lowest BCUT2D eigenvalue weighted by Crippen LogP contribution is -1.77. The summed E-state index contributed by atoms with van der Waals surface area (Å²) in [5.74, 6) is 0.668. The van der Waals surface area contributed by atoms with E-state index in [0.29, 0.717) is 11.5 Å². The van der Waals surface area contributed by atoms with Crippen LogP contribution in [0.4, 0.5) is 0 Å². The lowest BCUT2D eigenvalue weighted by molar-refractivity contribution is 0.559. The smallest absolute Gasteiger partial charge is 0.199 e. The highest BCUT2D eigenvalue weighted by molar-refractivity contribution is 5.71. The third kappa shape index (κ3) is 0.888. The van der Waals surface area contributed by atoms with Crippen LogP contribution in [0, 0.1) is 13.8 Å². The lowest BCUT2D eigenvalue weighted by atomic mass is 10.3. The standard InChI is InChI=1S/C8H8N2O/c1-5-3-4-9-8-7(5)11-6(2)10-8/h3-4H,1-2H3. The molecular formula is C8H8N2O. The first-order valence-electron chi connectivity index (χ1n) is 3.46. The summed E-state index contributed by atoms with van der Waals surface area (Å²) in [4.78, 5) is 8.15. The number of hydrogen-bond acceptors (Lipinski definition) is 3. The molecule has 11 heavy (non-hydrogen) atoms. The average Bonchev–Trinajstić information content (AvgIpc) is 2.31. The van der Waals surface area contributed by atoms with E-state index < -0.39 is 0 Å². The van der Waals surface area contributed by atoms with Gasteiger partial charge in [-0.1, -0.05) is 0 Å². The number of aromatic nitrogens is 2. The molecule has 0 bridgehead atoms. The zero-order valence-electron chi connectivity index (χ0n) is 6.46. The van der Waals surface area contributed by atoms with Gasteiger partial charge in [0, 0.05) is 13.1 Å². The fourth-order valence-corrected chi connectivity index (χ4v) is 1.06. The summed E-state index contributed by atoms with van der Waals surface area (Å²) in [5.41, 5.74) is 2.57. The van der Waals surface area contributed by atoms with Gasteiger partial charge in [-0.15, -0.1) is 0 Å². The minimum atomic E-state index is 0.668. The normalized spacial score (nSPS) is 10.7. The molecule has 0 saturated carbocycles. The molecule has 0 aliphatic heterocycles. The molecule has 56 valence electrons. The van der Waals surface area contributed by atoms with Gasteiger partial charge in [-0.05, 0) is 18.6 Å². The molecule has 2 rings (SSSR count).